The molecule has 0 aromatic heterocycles. The molecule has 1 aromatic carbocycles. The zero-order valence-corrected chi connectivity index (χ0v) is 11.8. The lowest BCUT2D eigenvalue weighted by atomic mass is 10.1. The quantitative estimate of drug-likeness (QED) is 0.931. The molecule has 114 valence electrons. The smallest absolute Gasteiger partial charge is 0.416 e. The highest BCUT2D eigenvalue weighted by molar-refractivity contribution is 5.85. The molecular weight excluding hydrogens is 295 g/mol. The summed E-state index contributed by atoms with van der Waals surface area (Å²) in [6.07, 6.45) is -3.96. The highest BCUT2D eigenvalue weighted by atomic mass is 35.5. The van der Waals surface area contributed by atoms with Crippen molar-refractivity contribution < 1.29 is 22.6 Å². The Kier molecular flexibility index (Phi) is 6.10. The molecule has 7 heteroatoms. The number of ether oxygens (including phenoxy) is 2. The van der Waals surface area contributed by atoms with Crippen LogP contribution in [-0.2, 0) is 10.9 Å². The van der Waals surface area contributed by atoms with Crippen molar-refractivity contribution in [2.45, 2.75) is 24.8 Å². The second-order valence-corrected chi connectivity index (χ2v) is 4.45. The molecule has 0 bridgehead atoms. The number of methoxy groups -OCH3 is 1. The standard InChI is InChI=1S/C13H16F3NO2.ClH/c1-18-11-5-6-17-8-12(11)19-10-4-2-3-9(7-10)13(14,15)16;/h2-4,7,11-12,17H,5-6,8H2,1H3;1H/t11-,12-;/m1./s1. The van der Waals surface area contributed by atoms with Crippen LogP contribution in [0.1, 0.15) is 12.0 Å². The predicted molar refractivity (Wildman–Crippen MR) is 71.4 cm³/mol. The van der Waals surface area contributed by atoms with Crippen molar-refractivity contribution >= 4 is 12.4 Å². The lowest BCUT2D eigenvalue weighted by Crippen LogP contribution is -2.48. The van der Waals surface area contributed by atoms with Crippen molar-refractivity contribution in [3.05, 3.63) is 29.8 Å². The Bertz CT molecular complexity index is 428. The molecule has 1 saturated heterocycles. The van der Waals surface area contributed by atoms with Gasteiger partial charge in [0.25, 0.3) is 0 Å². The molecule has 1 fully saturated rings. The third-order valence-corrected chi connectivity index (χ3v) is 3.12. The van der Waals surface area contributed by atoms with Crippen LogP contribution >= 0.6 is 12.4 Å². The summed E-state index contributed by atoms with van der Waals surface area (Å²) in [7, 11) is 1.58. The highest BCUT2D eigenvalue weighted by Crippen LogP contribution is 2.31. The minimum atomic E-state index is -4.36. The summed E-state index contributed by atoms with van der Waals surface area (Å²) in [5.41, 5.74) is -0.706. The molecule has 2 atom stereocenters. The molecule has 0 spiro atoms. The average Bonchev–Trinajstić information content (AvgIpc) is 2.39. The molecule has 2 rings (SSSR count). The molecule has 20 heavy (non-hydrogen) atoms. The van der Waals surface area contributed by atoms with Crippen molar-refractivity contribution in [2.75, 3.05) is 20.2 Å². The van der Waals surface area contributed by atoms with Gasteiger partial charge in [-0.25, -0.2) is 0 Å². The summed E-state index contributed by atoms with van der Waals surface area (Å²) in [6.45, 7) is 1.38. The maximum atomic E-state index is 12.6. The van der Waals surface area contributed by atoms with E-state index in [-0.39, 0.29) is 30.4 Å². The van der Waals surface area contributed by atoms with Gasteiger partial charge in [-0.3, -0.25) is 0 Å². The van der Waals surface area contributed by atoms with Crippen LogP contribution in [0.2, 0.25) is 0 Å². The topological polar surface area (TPSA) is 30.5 Å². The lowest BCUT2D eigenvalue weighted by molar-refractivity contribution is -0.137. The molecule has 0 amide bonds. The summed E-state index contributed by atoms with van der Waals surface area (Å²) in [6, 6.07) is 4.91. The first kappa shape index (κ1) is 17.1. The van der Waals surface area contributed by atoms with E-state index in [2.05, 4.69) is 5.32 Å². The van der Waals surface area contributed by atoms with Gasteiger partial charge in [-0.2, -0.15) is 13.2 Å². The number of benzene rings is 1. The van der Waals surface area contributed by atoms with Crippen LogP contribution < -0.4 is 10.1 Å². The first-order valence-electron chi connectivity index (χ1n) is 6.08. The first-order valence-corrected chi connectivity index (χ1v) is 6.08. The third-order valence-electron chi connectivity index (χ3n) is 3.12. The third kappa shape index (κ3) is 4.26. The van der Waals surface area contributed by atoms with Gasteiger partial charge in [-0.15, -0.1) is 12.4 Å². The van der Waals surface area contributed by atoms with Crippen molar-refractivity contribution in [1.29, 1.82) is 0 Å². The summed E-state index contributed by atoms with van der Waals surface area (Å²) in [5, 5.41) is 3.14. The summed E-state index contributed by atoms with van der Waals surface area (Å²) >= 11 is 0. The normalized spacial score (nSPS) is 23.0. The van der Waals surface area contributed by atoms with Crippen LogP contribution in [0.3, 0.4) is 0 Å². The van der Waals surface area contributed by atoms with E-state index in [4.69, 9.17) is 9.47 Å². The Balaban J connectivity index is 0.00000200. The van der Waals surface area contributed by atoms with E-state index in [0.717, 1.165) is 25.1 Å². The lowest BCUT2D eigenvalue weighted by Gasteiger charge is -2.31. The summed E-state index contributed by atoms with van der Waals surface area (Å²) in [4.78, 5) is 0. The molecule has 1 aliphatic rings. The number of hydrogen-bond acceptors (Lipinski definition) is 3. The van der Waals surface area contributed by atoms with Crippen molar-refractivity contribution in [3.8, 4) is 5.75 Å². The van der Waals surface area contributed by atoms with Gasteiger partial charge in [-0.1, -0.05) is 6.07 Å². The second-order valence-electron chi connectivity index (χ2n) is 4.45. The molecule has 3 nitrogen and oxygen atoms in total. The Hall–Kier alpha value is -0.980. The molecule has 0 unspecified atom stereocenters. The van der Waals surface area contributed by atoms with E-state index in [9.17, 15) is 13.2 Å². The summed E-state index contributed by atoms with van der Waals surface area (Å²) < 4.78 is 48.7. The second kappa shape index (κ2) is 7.15. The number of nitrogens with one attached hydrogen (secondary N) is 1. The van der Waals surface area contributed by atoms with Crippen LogP contribution in [0.5, 0.6) is 5.75 Å². The molecule has 1 N–H and O–H groups in total. The van der Waals surface area contributed by atoms with Gasteiger partial charge in [0.05, 0.1) is 11.7 Å². The van der Waals surface area contributed by atoms with Crippen LogP contribution in [0.25, 0.3) is 0 Å². The van der Waals surface area contributed by atoms with Gasteiger partial charge in [0.1, 0.15) is 11.9 Å². The van der Waals surface area contributed by atoms with Gasteiger partial charge in [0.2, 0.25) is 0 Å². The SMILES string of the molecule is CO[C@@H]1CCNC[C@H]1Oc1cccc(C(F)(F)F)c1.Cl. The molecule has 1 heterocycles. The van der Waals surface area contributed by atoms with Gasteiger partial charge in [0.15, 0.2) is 0 Å². The van der Waals surface area contributed by atoms with E-state index in [1.807, 2.05) is 0 Å². The van der Waals surface area contributed by atoms with Crippen LogP contribution in [0.15, 0.2) is 24.3 Å². The molecule has 0 saturated carbocycles. The van der Waals surface area contributed by atoms with Crippen molar-refractivity contribution in [3.63, 3.8) is 0 Å². The molecule has 0 aliphatic carbocycles. The maximum absolute atomic E-state index is 12.6. The molecular formula is C13H17ClF3NO2. The van der Waals surface area contributed by atoms with E-state index < -0.39 is 11.7 Å². The molecule has 0 radical (unpaired) electrons. The number of alkyl halides is 3. The van der Waals surface area contributed by atoms with Crippen LogP contribution in [0.4, 0.5) is 13.2 Å². The largest absolute Gasteiger partial charge is 0.486 e. The van der Waals surface area contributed by atoms with Gasteiger partial charge >= 0.3 is 6.18 Å². The number of rotatable bonds is 3. The zero-order chi connectivity index (χ0) is 13.9. The predicted octanol–water partition coefficient (Wildman–Crippen LogP) is 2.88. The van der Waals surface area contributed by atoms with E-state index in [0.29, 0.717) is 6.54 Å². The number of hydrogen-bond donors (Lipinski definition) is 1. The highest BCUT2D eigenvalue weighted by Gasteiger charge is 2.31. The minimum Gasteiger partial charge on any atom is -0.486 e. The monoisotopic (exact) mass is 311 g/mol. The van der Waals surface area contributed by atoms with Gasteiger partial charge < -0.3 is 14.8 Å². The number of halogens is 4. The summed E-state index contributed by atoms with van der Waals surface area (Å²) in [5.74, 6) is 0.213. The zero-order valence-electron chi connectivity index (χ0n) is 10.9. The Morgan fingerprint density at radius 2 is 2.00 bits per heavy atom. The van der Waals surface area contributed by atoms with Crippen molar-refractivity contribution in [2.24, 2.45) is 0 Å². The van der Waals surface area contributed by atoms with E-state index >= 15 is 0 Å². The van der Waals surface area contributed by atoms with Gasteiger partial charge in [0, 0.05) is 13.7 Å². The van der Waals surface area contributed by atoms with Crippen LogP contribution in [0, 0.1) is 0 Å². The maximum Gasteiger partial charge on any atom is 0.416 e. The fourth-order valence-electron chi connectivity index (χ4n) is 2.11. The van der Waals surface area contributed by atoms with Gasteiger partial charge in [-0.05, 0) is 31.2 Å². The fraction of sp³-hybridized carbons (Fsp3) is 0.538. The first-order chi connectivity index (χ1) is 9.00. The number of piperidine rings is 1. The Labute approximate surface area is 121 Å². The molecule has 1 aromatic rings. The Morgan fingerprint density at radius 1 is 1.25 bits per heavy atom. The fourth-order valence-corrected chi connectivity index (χ4v) is 2.11. The molecule has 1 aliphatic heterocycles. The van der Waals surface area contributed by atoms with E-state index in [1.54, 1.807) is 7.11 Å². The minimum absolute atomic E-state index is 0. The van der Waals surface area contributed by atoms with Crippen molar-refractivity contribution in [1.82, 2.24) is 5.32 Å². The van der Waals surface area contributed by atoms with E-state index in [1.165, 1.54) is 12.1 Å². The Morgan fingerprint density at radius 3 is 2.65 bits per heavy atom. The van der Waals surface area contributed by atoms with Crippen LogP contribution in [-0.4, -0.2) is 32.4 Å². The average molecular weight is 312 g/mol.